The molecule has 0 spiro atoms. The van der Waals surface area contributed by atoms with Gasteiger partial charge < -0.3 is 5.11 Å². The summed E-state index contributed by atoms with van der Waals surface area (Å²) >= 11 is 0. The summed E-state index contributed by atoms with van der Waals surface area (Å²) < 4.78 is 37.8. The van der Waals surface area contributed by atoms with Crippen molar-refractivity contribution in [1.29, 1.82) is 0 Å². The monoisotopic (exact) mass is 219 g/mol. The quantitative estimate of drug-likeness (QED) is 0.792. The van der Waals surface area contributed by atoms with Gasteiger partial charge in [-0.05, 0) is 13.0 Å². The second-order valence-corrected chi connectivity index (χ2v) is 3.00. The molecule has 1 rings (SSSR count). The molecular formula is C9H8F3NO2. The number of pyridine rings is 1. The van der Waals surface area contributed by atoms with Crippen molar-refractivity contribution in [1.82, 2.24) is 4.98 Å². The first-order valence-corrected chi connectivity index (χ1v) is 4.07. The van der Waals surface area contributed by atoms with E-state index in [0.29, 0.717) is 0 Å². The minimum Gasteiger partial charge on any atom is -0.481 e. The lowest BCUT2D eigenvalue weighted by atomic mass is 10.1. The Morgan fingerprint density at radius 3 is 2.67 bits per heavy atom. The molecule has 0 aliphatic carbocycles. The lowest BCUT2D eigenvalue weighted by Gasteiger charge is -2.07. The SMILES string of the molecule is Cc1cc(C(F)F)c(CC(=O)O)nc1F. The van der Waals surface area contributed by atoms with Crippen LogP contribution in [0.2, 0.25) is 0 Å². The fourth-order valence-electron chi connectivity index (χ4n) is 1.12. The van der Waals surface area contributed by atoms with Gasteiger partial charge in [0.25, 0.3) is 6.43 Å². The predicted molar refractivity (Wildman–Crippen MR) is 45.2 cm³/mol. The Morgan fingerprint density at radius 1 is 1.60 bits per heavy atom. The zero-order chi connectivity index (χ0) is 11.6. The summed E-state index contributed by atoms with van der Waals surface area (Å²) in [6.45, 7) is 1.29. The molecule has 0 bridgehead atoms. The van der Waals surface area contributed by atoms with E-state index >= 15 is 0 Å². The smallest absolute Gasteiger partial charge is 0.309 e. The molecule has 0 atom stereocenters. The van der Waals surface area contributed by atoms with Crippen LogP contribution in [0.1, 0.15) is 23.2 Å². The van der Waals surface area contributed by atoms with E-state index in [9.17, 15) is 18.0 Å². The van der Waals surface area contributed by atoms with Gasteiger partial charge in [-0.25, -0.2) is 13.8 Å². The third-order valence-electron chi connectivity index (χ3n) is 1.82. The van der Waals surface area contributed by atoms with Gasteiger partial charge in [-0.3, -0.25) is 4.79 Å². The number of aromatic nitrogens is 1. The van der Waals surface area contributed by atoms with E-state index in [1.54, 1.807) is 0 Å². The van der Waals surface area contributed by atoms with E-state index < -0.39 is 36.0 Å². The molecule has 3 nitrogen and oxygen atoms in total. The number of halogens is 3. The van der Waals surface area contributed by atoms with Gasteiger partial charge in [0.2, 0.25) is 5.95 Å². The Balaban J connectivity index is 3.21. The number of carbonyl (C=O) groups is 1. The first kappa shape index (κ1) is 11.5. The van der Waals surface area contributed by atoms with Gasteiger partial charge in [-0.2, -0.15) is 4.39 Å². The first-order chi connectivity index (χ1) is 6.91. The molecule has 0 aromatic carbocycles. The molecule has 0 saturated heterocycles. The molecule has 0 aliphatic rings. The van der Waals surface area contributed by atoms with Crippen molar-refractivity contribution in [2.24, 2.45) is 0 Å². The van der Waals surface area contributed by atoms with Crippen LogP contribution >= 0.6 is 0 Å². The Kier molecular flexibility index (Phi) is 3.28. The third-order valence-corrected chi connectivity index (χ3v) is 1.82. The highest BCUT2D eigenvalue weighted by Gasteiger charge is 2.18. The summed E-state index contributed by atoms with van der Waals surface area (Å²) in [7, 11) is 0. The van der Waals surface area contributed by atoms with E-state index in [1.165, 1.54) is 6.92 Å². The zero-order valence-electron chi connectivity index (χ0n) is 7.80. The van der Waals surface area contributed by atoms with Gasteiger partial charge in [-0.1, -0.05) is 0 Å². The van der Waals surface area contributed by atoms with Crippen molar-refractivity contribution < 1.29 is 23.1 Å². The van der Waals surface area contributed by atoms with Gasteiger partial charge in [0.15, 0.2) is 0 Å². The second-order valence-electron chi connectivity index (χ2n) is 3.00. The number of carboxylic acids is 1. The largest absolute Gasteiger partial charge is 0.481 e. The molecule has 0 amide bonds. The van der Waals surface area contributed by atoms with E-state index in [4.69, 9.17) is 5.11 Å². The Morgan fingerprint density at radius 2 is 2.20 bits per heavy atom. The first-order valence-electron chi connectivity index (χ1n) is 4.07. The molecule has 1 heterocycles. The summed E-state index contributed by atoms with van der Waals surface area (Å²) in [4.78, 5) is 13.5. The van der Waals surface area contributed by atoms with Crippen LogP contribution in [0.25, 0.3) is 0 Å². The predicted octanol–water partition coefficient (Wildman–Crippen LogP) is 2.09. The maximum Gasteiger partial charge on any atom is 0.309 e. The van der Waals surface area contributed by atoms with E-state index in [-0.39, 0.29) is 5.56 Å². The number of alkyl halides is 2. The van der Waals surface area contributed by atoms with Crippen molar-refractivity contribution >= 4 is 5.97 Å². The second kappa shape index (κ2) is 4.29. The van der Waals surface area contributed by atoms with Gasteiger partial charge in [0.1, 0.15) is 0 Å². The number of hydrogen-bond acceptors (Lipinski definition) is 2. The normalized spacial score (nSPS) is 10.7. The zero-order valence-corrected chi connectivity index (χ0v) is 7.80. The van der Waals surface area contributed by atoms with Crippen molar-refractivity contribution in [3.63, 3.8) is 0 Å². The summed E-state index contributed by atoms with van der Waals surface area (Å²) in [5.41, 5.74) is -0.990. The van der Waals surface area contributed by atoms with Crippen LogP contribution in [0, 0.1) is 12.9 Å². The molecule has 0 aliphatic heterocycles. The molecule has 6 heteroatoms. The summed E-state index contributed by atoms with van der Waals surface area (Å²) in [5, 5.41) is 8.43. The van der Waals surface area contributed by atoms with Gasteiger partial charge >= 0.3 is 5.97 Å². The van der Waals surface area contributed by atoms with E-state index in [0.717, 1.165) is 6.07 Å². The summed E-state index contributed by atoms with van der Waals surface area (Å²) in [6.07, 6.45) is -3.57. The highest BCUT2D eigenvalue weighted by atomic mass is 19.3. The average Bonchev–Trinajstić information content (AvgIpc) is 2.09. The van der Waals surface area contributed by atoms with Crippen molar-refractivity contribution in [2.45, 2.75) is 19.8 Å². The molecule has 1 aromatic rings. The number of carboxylic acid groups (broad SMARTS) is 1. The molecule has 1 aromatic heterocycles. The minimum atomic E-state index is -2.86. The fourth-order valence-corrected chi connectivity index (χ4v) is 1.12. The van der Waals surface area contributed by atoms with Crippen LogP contribution in [0.15, 0.2) is 6.07 Å². The molecule has 0 saturated carbocycles. The summed E-state index contributed by atoms with van der Waals surface area (Å²) in [6, 6.07) is 0.922. The standard InChI is InChI=1S/C9H8F3NO2/c1-4-2-5(8(10)11)6(3-7(14)15)13-9(4)12/h2,8H,3H2,1H3,(H,14,15). The Hall–Kier alpha value is -1.59. The molecule has 0 radical (unpaired) electrons. The number of nitrogens with zero attached hydrogens (tertiary/aromatic N) is 1. The lowest BCUT2D eigenvalue weighted by Crippen LogP contribution is -2.09. The number of aryl methyl sites for hydroxylation is 1. The lowest BCUT2D eigenvalue weighted by molar-refractivity contribution is -0.136. The minimum absolute atomic E-state index is 0.0283. The van der Waals surface area contributed by atoms with Crippen molar-refractivity contribution in [3.8, 4) is 0 Å². The maximum absolute atomic E-state index is 12.9. The maximum atomic E-state index is 12.9. The number of rotatable bonds is 3. The summed E-state index contributed by atoms with van der Waals surface area (Å²) in [5.74, 6) is -2.25. The molecule has 82 valence electrons. The van der Waals surface area contributed by atoms with Gasteiger partial charge in [0.05, 0.1) is 12.1 Å². The average molecular weight is 219 g/mol. The molecular weight excluding hydrogens is 211 g/mol. The molecule has 15 heavy (non-hydrogen) atoms. The van der Waals surface area contributed by atoms with Crippen LogP contribution in [-0.4, -0.2) is 16.1 Å². The highest BCUT2D eigenvalue weighted by molar-refractivity contribution is 5.70. The van der Waals surface area contributed by atoms with Crippen molar-refractivity contribution in [3.05, 3.63) is 28.8 Å². The molecule has 1 N–H and O–H groups in total. The van der Waals surface area contributed by atoms with E-state index in [2.05, 4.69) is 4.98 Å². The number of aliphatic carboxylic acids is 1. The van der Waals surface area contributed by atoms with Crippen LogP contribution in [-0.2, 0) is 11.2 Å². The molecule has 0 unspecified atom stereocenters. The Labute approximate surface area is 83.6 Å². The Bertz CT molecular complexity index is 393. The van der Waals surface area contributed by atoms with E-state index in [1.807, 2.05) is 0 Å². The van der Waals surface area contributed by atoms with Crippen LogP contribution in [0.4, 0.5) is 13.2 Å². The number of hydrogen-bond donors (Lipinski definition) is 1. The molecule has 0 fully saturated rings. The highest BCUT2D eigenvalue weighted by Crippen LogP contribution is 2.24. The third kappa shape index (κ3) is 2.68. The van der Waals surface area contributed by atoms with Gasteiger partial charge in [-0.15, -0.1) is 0 Å². The fraction of sp³-hybridized carbons (Fsp3) is 0.333. The van der Waals surface area contributed by atoms with Crippen molar-refractivity contribution in [2.75, 3.05) is 0 Å². The van der Waals surface area contributed by atoms with Crippen LogP contribution < -0.4 is 0 Å². The van der Waals surface area contributed by atoms with Gasteiger partial charge in [0, 0.05) is 11.1 Å². The topological polar surface area (TPSA) is 50.2 Å². The van der Waals surface area contributed by atoms with Crippen LogP contribution in [0.3, 0.4) is 0 Å². The van der Waals surface area contributed by atoms with Crippen LogP contribution in [0.5, 0.6) is 0 Å².